The number of nitrogens with one attached hydrogen (secondary N) is 1. The predicted octanol–water partition coefficient (Wildman–Crippen LogP) is 1.63. The van der Waals surface area contributed by atoms with Crippen molar-refractivity contribution in [1.29, 1.82) is 0 Å². The molecule has 2 aromatic rings. The Balaban J connectivity index is 1.33. The lowest BCUT2D eigenvalue weighted by Gasteiger charge is -2.35. The average molecular weight is 534 g/mol. The number of hydrogen-bond acceptors (Lipinski definition) is 8. The maximum atomic E-state index is 13.2. The maximum absolute atomic E-state index is 13.2. The van der Waals surface area contributed by atoms with Crippen molar-refractivity contribution in [3.05, 3.63) is 39.9 Å². The molecule has 0 saturated carbocycles. The first-order valence-electron chi connectivity index (χ1n) is 11.4. The molecule has 4 rings (SSSR count). The quantitative estimate of drug-likeness (QED) is 0.555. The highest BCUT2D eigenvalue weighted by Crippen LogP contribution is 2.31. The SMILES string of the molecule is N[C@H]1C[C@@H](CCC(=O)N2CCN(c3ncc(C(F)(F)F)cn3)CC2)N(c2cc(C(F)(F)F)c(=O)[nH]n2)C1. The molecule has 2 aromatic heterocycles. The van der Waals surface area contributed by atoms with Gasteiger partial charge in [0, 0.05) is 69.7 Å². The van der Waals surface area contributed by atoms with Crippen LogP contribution in [0.25, 0.3) is 0 Å². The number of halogens is 6. The van der Waals surface area contributed by atoms with E-state index < -0.39 is 29.0 Å². The van der Waals surface area contributed by atoms with Gasteiger partial charge in [-0.05, 0) is 12.8 Å². The molecule has 0 radical (unpaired) electrons. The Hall–Kier alpha value is -3.43. The Labute approximate surface area is 206 Å². The van der Waals surface area contributed by atoms with Gasteiger partial charge in [-0.2, -0.15) is 31.4 Å². The summed E-state index contributed by atoms with van der Waals surface area (Å²) in [4.78, 5) is 36.8. The van der Waals surface area contributed by atoms with Gasteiger partial charge in [-0.25, -0.2) is 15.1 Å². The van der Waals surface area contributed by atoms with Crippen LogP contribution >= 0.6 is 0 Å². The standard InChI is InChI=1S/C21H24F6N8O2/c22-20(23,24)12-9-29-19(30-10-12)34-5-3-33(4-6-34)17(36)2-1-14-7-13(28)11-35(14)16-8-15(21(25,26)27)18(37)32-31-16/h8-10,13-14H,1-7,11,28H2,(H,32,37)/t13-,14+/m0/s1. The van der Waals surface area contributed by atoms with E-state index in [4.69, 9.17) is 5.73 Å². The van der Waals surface area contributed by atoms with Gasteiger partial charge in [0.15, 0.2) is 0 Å². The minimum atomic E-state index is -4.84. The predicted molar refractivity (Wildman–Crippen MR) is 119 cm³/mol. The van der Waals surface area contributed by atoms with Crippen LogP contribution < -0.4 is 21.1 Å². The van der Waals surface area contributed by atoms with Gasteiger partial charge < -0.3 is 20.4 Å². The van der Waals surface area contributed by atoms with Crippen LogP contribution in [-0.2, 0) is 17.1 Å². The fourth-order valence-corrected chi connectivity index (χ4v) is 4.50. The number of H-pyrrole nitrogens is 1. The number of rotatable bonds is 5. The van der Waals surface area contributed by atoms with Crippen LogP contribution in [0.3, 0.4) is 0 Å². The molecular formula is C21H24F6N8O2. The molecule has 37 heavy (non-hydrogen) atoms. The lowest BCUT2D eigenvalue weighted by Crippen LogP contribution is -2.49. The first-order valence-corrected chi connectivity index (χ1v) is 11.4. The van der Waals surface area contributed by atoms with Crippen LogP contribution in [0, 0.1) is 0 Å². The lowest BCUT2D eigenvalue weighted by atomic mass is 10.1. The second-order valence-electron chi connectivity index (χ2n) is 8.94. The summed E-state index contributed by atoms with van der Waals surface area (Å²) in [5.74, 6) is -0.0939. The van der Waals surface area contributed by atoms with Crippen molar-refractivity contribution >= 4 is 17.7 Å². The highest BCUT2D eigenvalue weighted by atomic mass is 19.4. The summed E-state index contributed by atoms with van der Waals surface area (Å²) in [5.41, 5.74) is 2.37. The molecule has 16 heteroatoms. The second kappa shape index (κ2) is 10.1. The fourth-order valence-electron chi connectivity index (χ4n) is 4.50. The fraction of sp³-hybridized carbons (Fsp3) is 0.571. The molecule has 10 nitrogen and oxygen atoms in total. The number of piperazine rings is 1. The van der Waals surface area contributed by atoms with E-state index in [1.54, 1.807) is 14.7 Å². The van der Waals surface area contributed by atoms with Gasteiger partial charge in [0.1, 0.15) is 11.4 Å². The number of alkyl halides is 6. The number of nitrogens with zero attached hydrogens (tertiary/aromatic N) is 6. The van der Waals surface area contributed by atoms with E-state index in [0.717, 1.165) is 0 Å². The van der Waals surface area contributed by atoms with Gasteiger partial charge in [-0.15, -0.1) is 0 Å². The zero-order valence-corrected chi connectivity index (χ0v) is 19.4. The maximum Gasteiger partial charge on any atom is 0.421 e. The normalized spacial score (nSPS) is 21.0. The number of aromatic amines is 1. The number of hydrogen-bond donors (Lipinski definition) is 2. The summed E-state index contributed by atoms with van der Waals surface area (Å²) >= 11 is 0. The van der Waals surface area contributed by atoms with Crippen LogP contribution in [0.1, 0.15) is 30.4 Å². The van der Waals surface area contributed by atoms with Gasteiger partial charge in [-0.3, -0.25) is 9.59 Å². The largest absolute Gasteiger partial charge is 0.421 e. The molecule has 0 unspecified atom stereocenters. The topological polar surface area (TPSA) is 124 Å². The zero-order chi connectivity index (χ0) is 27.0. The minimum absolute atomic E-state index is 0.0671. The third-order valence-corrected chi connectivity index (χ3v) is 6.41. The van der Waals surface area contributed by atoms with Crippen LogP contribution in [0.2, 0.25) is 0 Å². The number of amides is 1. The minimum Gasteiger partial charge on any atom is -0.351 e. The molecule has 3 N–H and O–H groups in total. The van der Waals surface area contributed by atoms with Crippen LogP contribution in [0.4, 0.5) is 38.1 Å². The lowest BCUT2D eigenvalue weighted by molar-refractivity contribution is -0.139. The van der Waals surface area contributed by atoms with Crippen LogP contribution in [-0.4, -0.2) is 75.8 Å². The van der Waals surface area contributed by atoms with Crippen molar-refractivity contribution in [3.63, 3.8) is 0 Å². The molecule has 0 aromatic carbocycles. The van der Waals surface area contributed by atoms with Crippen molar-refractivity contribution in [3.8, 4) is 0 Å². The number of carbonyl (C=O) groups excluding carboxylic acids is 1. The van der Waals surface area contributed by atoms with E-state index in [9.17, 15) is 35.9 Å². The Morgan fingerprint density at radius 2 is 1.70 bits per heavy atom. The van der Waals surface area contributed by atoms with E-state index >= 15 is 0 Å². The van der Waals surface area contributed by atoms with Crippen molar-refractivity contribution < 1.29 is 31.1 Å². The summed E-state index contributed by atoms with van der Waals surface area (Å²) in [6.07, 6.45) is -7.08. The molecule has 2 aliphatic rings. The number of anilines is 2. The molecule has 0 spiro atoms. The Morgan fingerprint density at radius 1 is 1.05 bits per heavy atom. The molecule has 2 aliphatic heterocycles. The second-order valence-corrected chi connectivity index (χ2v) is 8.94. The highest BCUT2D eigenvalue weighted by Gasteiger charge is 2.37. The van der Waals surface area contributed by atoms with Gasteiger partial charge in [0.25, 0.3) is 5.56 Å². The highest BCUT2D eigenvalue weighted by molar-refractivity contribution is 5.76. The van der Waals surface area contributed by atoms with Gasteiger partial charge in [-0.1, -0.05) is 0 Å². The molecular weight excluding hydrogens is 510 g/mol. The molecule has 0 bridgehead atoms. The molecule has 2 fully saturated rings. The Morgan fingerprint density at radius 3 is 2.30 bits per heavy atom. The number of nitrogens with two attached hydrogens (primary N) is 1. The summed E-state index contributed by atoms with van der Waals surface area (Å²) in [5, 5.41) is 5.63. The molecule has 202 valence electrons. The summed E-state index contributed by atoms with van der Waals surface area (Å²) < 4.78 is 77.6. The molecule has 2 atom stereocenters. The zero-order valence-electron chi connectivity index (χ0n) is 19.4. The Bertz CT molecular complexity index is 1160. The first kappa shape index (κ1) is 26.6. The molecule has 1 amide bonds. The summed E-state index contributed by atoms with van der Waals surface area (Å²) in [6.45, 7) is 1.51. The van der Waals surface area contributed by atoms with E-state index in [-0.39, 0.29) is 42.7 Å². The van der Waals surface area contributed by atoms with Crippen molar-refractivity contribution in [1.82, 2.24) is 25.1 Å². The van der Waals surface area contributed by atoms with Gasteiger partial charge in [0.2, 0.25) is 11.9 Å². The van der Waals surface area contributed by atoms with Crippen molar-refractivity contribution in [2.75, 3.05) is 42.5 Å². The van der Waals surface area contributed by atoms with Crippen molar-refractivity contribution in [2.45, 2.75) is 43.7 Å². The smallest absolute Gasteiger partial charge is 0.351 e. The van der Waals surface area contributed by atoms with Crippen molar-refractivity contribution in [2.24, 2.45) is 5.73 Å². The van der Waals surface area contributed by atoms with Crippen LogP contribution in [0.5, 0.6) is 0 Å². The molecule has 2 saturated heterocycles. The average Bonchev–Trinajstić information content (AvgIpc) is 3.22. The van der Waals surface area contributed by atoms with E-state index in [1.807, 2.05) is 5.10 Å². The van der Waals surface area contributed by atoms with Gasteiger partial charge >= 0.3 is 12.4 Å². The van der Waals surface area contributed by atoms with Gasteiger partial charge in [0.05, 0.1) is 5.56 Å². The first-order chi connectivity index (χ1) is 17.3. The molecule has 4 heterocycles. The van der Waals surface area contributed by atoms with E-state index in [0.29, 0.717) is 57.5 Å². The molecule has 0 aliphatic carbocycles. The Kier molecular flexibility index (Phi) is 7.30. The van der Waals surface area contributed by atoms with E-state index in [2.05, 4.69) is 15.1 Å². The number of aromatic nitrogens is 4. The summed E-state index contributed by atoms with van der Waals surface area (Å²) in [6, 6.07) is 0.00420. The summed E-state index contributed by atoms with van der Waals surface area (Å²) in [7, 11) is 0. The third-order valence-electron chi connectivity index (χ3n) is 6.41. The monoisotopic (exact) mass is 534 g/mol. The van der Waals surface area contributed by atoms with Crippen LogP contribution in [0.15, 0.2) is 23.3 Å². The number of carbonyl (C=O) groups is 1. The third kappa shape index (κ3) is 6.11. The van der Waals surface area contributed by atoms with E-state index in [1.165, 1.54) is 0 Å².